The number of furan rings is 1. The van der Waals surface area contributed by atoms with Crippen LogP contribution in [0.15, 0.2) is 16.5 Å². The van der Waals surface area contributed by atoms with Crippen LogP contribution < -0.4 is 5.73 Å². The molecule has 1 atom stereocenters. The zero-order chi connectivity index (χ0) is 10.4. The summed E-state index contributed by atoms with van der Waals surface area (Å²) in [6.45, 7) is 1.12. The van der Waals surface area contributed by atoms with E-state index >= 15 is 0 Å². The molecule has 0 aromatic carbocycles. The SMILES string of the molecule is COCCC(N)c1ccc(COC)o1. The van der Waals surface area contributed by atoms with Gasteiger partial charge in [-0.1, -0.05) is 0 Å². The van der Waals surface area contributed by atoms with E-state index in [2.05, 4.69) is 0 Å². The maximum absolute atomic E-state index is 5.88. The molecule has 0 spiro atoms. The largest absolute Gasteiger partial charge is 0.462 e. The quantitative estimate of drug-likeness (QED) is 0.753. The highest BCUT2D eigenvalue weighted by Gasteiger charge is 2.10. The Hall–Kier alpha value is -0.840. The van der Waals surface area contributed by atoms with Crippen LogP contribution in [0, 0.1) is 0 Å². The lowest BCUT2D eigenvalue weighted by Crippen LogP contribution is -2.11. The second-order valence-electron chi connectivity index (χ2n) is 3.13. The number of hydrogen-bond donors (Lipinski definition) is 1. The monoisotopic (exact) mass is 199 g/mol. The predicted molar refractivity (Wildman–Crippen MR) is 52.8 cm³/mol. The fourth-order valence-corrected chi connectivity index (χ4v) is 1.20. The Bertz CT molecular complexity index is 260. The summed E-state index contributed by atoms with van der Waals surface area (Å²) in [5.41, 5.74) is 5.88. The van der Waals surface area contributed by atoms with Crippen molar-refractivity contribution in [3.63, 3.8) is 0 Å². The molecular weight excluding hydrogens is 182 g/mol. The summed E-state index contributed by atoms with van der Waals surface area (Å²) in [4.78, 5) is 0. The van der Waals surface area contributed by atoms with Gasteiger partial charge in [0.1, 0.15) is 18.1 Å². The van der Waals surface area contributed by atoms with Gasteiger partial charge in [-0.25, -0.2) is 0 Å². The minimum atomic E-state index is -0.0967. The summed E-state index contributed by atoms with van der Waals surface area (Å²) < 4.78 is 15.4. The van der Waals surface area contributed by atoms with Gasteiger partial charge in [0.05, 0.1) is 6.04 Å². The van der Waals surface area contributed by atoms with Crippen molar-refractivity contribution in [3.8, 4) is 0 Å². The number of ether oxygens (including phenoxy) is 2. The maximum Gasteiger partial charge on any atom is 0.129 e. The van der Waals surface area contributed by atoms with E-state index in [9.17, 15) is 0 Å². The highest BCUT2D eigenvalue weighted by molar-refractivity contribution is 5.09. The van der Waals surface area contributed by atoms with E-state index in [1.54, 1.807) is 14.2 Å². The molecule has 4 heteroatoms. The van der Waals surface area contributed by atoms with Crippen molar-refractivity contribution < 1.29 is 13.9 Å². The lowest BCUT2D eigenvalue weighted by atomic mass is 10.2. The highest BCUT2D eigenvalue weighted by atomic mass is 16.5. The molecule has 1 rings (SSSR count). The third-order valence-electron chi connectivity index (χ3n) is 1.97. The van der Waals surface area contributed by atoms with E-state index in [1.165, 1.54) is 0 Å². The van der Waals surface area contributed by atoms with Crippen molar-refractivity contribution in [1.82, 2.24) is 0 Å². The van der Waals surface area contributed by atoms with Crippen LogP contribution in [0.4, 0.5) is 0 Å². The summed E-state index contributed by atoms with van der Waals surface area (Å²) in [5.74, 6) is 1.59. The number of hydrogen-bond acceptors (Lipinski definition) is 4. The topological polar surface area (TPSA) is 57.6 Å². The molecule has 1 aromatic heterocycles. The Balaban J connectivity index is 2.48. The van der Waals surface area contributed by atoms with Crippen LogP contribution in [0.5, 0.6) is 0 Å². The molecule has 80 valence electrons. The van der Waals surface area contributed by atoms with E-state index < -0.39 is 0 Å². The Kier molecular flexibility index (Phi) is 4.65. The molecule has 14 heavy (non-hydrogen) atoms. The van der Waals surface area contributed by atoms with Crippen LogP contribution in [0.2, 0.25) is 0 Å². The van der Waals surface area contributed by atoms with Gasteiger partial charge in [-0.3, -0.25) is 0 Å². The summed E-state index contributed by atoms with van der Waals surface area (Å²) >= 11 is 0. The Labute approximate surface area is 84.0 Å². The van der Waals surface area contributed by atoms with E-state index in [4.69, 9.17) is 19.6 Å². The Morgan fingerprint density at radius 2 is 2.14 bits per heavy atom. The van der Waals surface area contributed by atoms with E-state index in [1.807, 2.05) is 12.1 Å². The first kappa shape index (κ1) is 11.2. The van der Waals surface area contributed by atoms with Gasteiger partial charge in [0.25, 0.3) is 0 Å². The maximum atomic E-state index is 5.88. The standard InChI is InChI=1S/C10H17NO3/c1-12-6-5-9(11)10-4-3-8(14-10)7-13-2/h3-4,9H,5-7,11H2,1-2H3. The molecule has 0 radical (unpaired) electrons. The molecule has 0 bridgehead atoms. The van der Waals surface area contributed by atoms with Gasteiger partial charge in [-0.05, 0) is 18.6 Å². The summed E-state index contributed by atoms with van der Waals surface area (Å²) in [5, 5.41) is 0. The highest BCUT2D eigenvalue weighted by Crippen LogP contribution is 2.17. The summed E-state index contributed by atoms with van der Waals surface area (Å²) in [6.07, 6.45) is 0.760. The minimum Gasteiger partial charge on any atom is -0.462 e. The number of nitrogens with two attached hydrogens (primary N) is 1. The van der Waals surface area contributed by atoms with Crippen LogP contribution in [-0.2, 0) is 16.1 Å². The van der Waals surface area contributed by atoms with Crippen LogP contribution in [-0.4, -0.2) is 20.8 Å². The van der Waals surface area contributed by atoms with Gasteiger partial charge in [-0.15, -0.1) is 0 Å². The molecular formula is C10H17NO3. The average Bonchev–Trinajstić information content (AvgIpc) is 2.63. The van der Waals surface area contributed by atoms with Crippen molar-refractivity contribution in [3.05, 3.63) is 23.7 Å². The molecule has 0 aliphatic carbocycles. The Morgan fingerprint density at radius 1 is 1.36 bits per heavy atom. The molecule has 0 saturated heterocycles. The number of rotatable bonds is 6. The molecule has 1 heterocycles. The molecule has 0 saturated carbocycles. The fraction of sp³-hybridized carbons (Fsp3) is 0.600. The van der Waals surface area contributed by atoms with Crippen LogP contribution in [0.1, 0.15) is 24.0 Å². The minimum absolute atomic E-state index is 0.0967. The zero-order valence-corrected chi connectivity index (χ0v) is 8.66. The van der Waals surface area contributed by atoms with Gasteiger partial charge in [0, 0.05) is 20.8 Å². The molecule has 1 unspecified atom stereocenters. The fourth-order valence-electron chi connectivity index (χ4n) is 1.20. The first-order valence-corrected chi connectivity index (χ1v) is 4.60. The molecule has 4 nitrogen and oxygen atoms in total. The van der Waals surface area contributed by atoms with Gasteiger partial charge in [0.2, 0.25) is 0 Å². The molecule has 0 aliphatic heterocycles. The van der Waals surface area contributed by atoms with Crippen molar-refractivity contribution in [2.45, 2.75) is 19.1 Å². The summed E-state index contributed by atoms with van der Waals surface area (Å²) in [7, 11) is 3.29. The van der Waals surface area contributed by atoms with Crippen LogP contribution >= 0.6 is 0 Å². The third-order valence-corrected chi connectivity index (χ3v) is 1.97. The number of methoxy groups -OCH3 is 2. The molecule has 0 fully saturated rings. The van der Waals surface area contributed by atoms with E-state index in [-0.39, 0.29) is 6.04 Å². The predicted octanol–water partition coefficient (Wildman–Crippen LogP) is 1.46. The third kappa shape index (κ3) is 3.14. The molecule has 1 aromatic rings. The zero-order valence-electron chi connectivity index (χ0n) is 8.66. The van der Waals surface area contributed by atoms with Gasteiger partial charge in [-0.2, -0.15) is 0 Å². The lowest BCUT2D eigenvalue weighted by Gasteiger charge is -2.07. The van der Waals surface area contributed by atoms with Gasteiger partial charge < -0.3 is 19.6 Å². The molecule has 2 N–H and O–H groups in total. The average molecular weight is 199 g/mol. The van der Waals surface area contributed by atoms with Gasteiger partial charge >= 0.3 is 0 Å². The normalized spacial score (nSPS) is 13.1. The van der Waals surface area contributed by atoms with E-state index in [0.717, 1.165) is 17.9 Å². The molecule has 0 aliphatic rings. The first-order chi connectivity index (χ1) is 6.77. The van der Waals surface area contributed by atoms with Crippen molar-refractivity contribution >= 4 is 0 Å². The van der Waals surface area contributed by atoms with Crippen LogP contribution in [0.3, 0.4) is 0 Å². The van der Waals surface area contributed by atoms with Crippen LogP contribution in [0.25, 0.3) is 0 Å². The van der Waals surface area contributed by atoms with Crippen molar-refractivity contribution in [2.24, 2.45) is 5.73 Å². The van der Waals surface area contributed by atoms with Crippen molar-refractivity contribution in [2.75, 3.05) is 20.8 Å². The summed E-state index contributed by atoms with van der Waals surface area (Å²) in [6, 6.07) is 3.67. The second kappa shape index (κ2) is 5.80. The van der Waals surface area contributed by atoms with Crippen molar-refractivity contribution in [1.29, 1.82) is 0 Å². The Morgan fingerprint density at radius 3 is 2.79 bits per heavy atom. The lowest BCUT2D eigenvalue weighted by molar-refractivity contribution is 0.159. The van der Waals surface area contributed by atoms with Gasteiger partial charge in [0.15, 0.2) is 0 Å². The smallest absolute Gasteiger partial charge is 0.129 e. The first-order valence-electron chi connectivity index (χ1n) is 4.60. The van der Waals surface area contributed by atoms with E-state index in [0.29, 0.717) is 13.2 Å². The second-order valence-corrected chi connectivity index (χ2v) is 3.13. The molecule has 0 amide bonds.